The highest BCUT2D eigenvalue weighted by atomic mass is 16.7. The van der Waals surface area contributed by atoms with Crippen LogP contribution in [0.3, 0.4) is 0 Å². The quantitative estimate of drug-likeness (QED) is 0.364. The fraction of sp³-hybridized carbons (Fsp3) is 0.889. The molecule has 8 nitrogen and oxygen atoms in total. The van der Waals surface area contributed by atoms with Gasteiger partial charge in [0.2, 0.25) is 0 Å². The van der Waals surface area contributed by atoms with Crippen LogP contribution in [0.2, 0.25) is 0 Å². The number of aliphatic hydroxyl groups is 4. The van der Waals surface area contributed by atoms with E-state index in [0.717, 1.165) is 0 Å². The summed E-state index contributed by atoms with van der Waals surface area (Å²) in [4.78, 5) is 10.7. The molecule has 0 aromatic rings. The molecule has 1 heterocycles. The van der Waals surface area contributed by atoms with Gasteiger partial charge in [0.05, 0.1) is 12.7 Å². The van der Waals surface area contributed by atoms with E-state index in [4.69, 9.17) is 19.7 Å². The Hall–Kier alpha value is -0.770. The van der Waals surface area contributed by atoms with Crippen LogP contribution in [0.15, 0.2) is 0 Å². The number of hydrogen-bond acceptors (Lipinski definition) is 7. The molecule has 17 heavy (non-hydrogen) atoms. The van der Waals surface area contributed by atoms with Gasteiger partial charge >= 0.3 is 5.97 Å². The van der Waals surface area contributed by atoms with Gasteiger partial charge in [-0.2, -0.15) is 0 Å². The number of hydrogen-bond donors (Lipinski definition) is 5. The van der Waals surface area contributed by atoms with Gasteiger partial charge in [-0.25, -0.2) is 4.79 Å². The second-order valence-corrected chi connectivity index (χ2v) is 3.92. The third kappa shape index (κ3) is 3.35. The molecule has 1 aliphatic heterocycles. The van der Waals surface area contributed by atoms with Gasteiger partial charge < -0.3 is 35.0 Å². The van der Waals surface area contributed by atoms with Gasteiger partial charge in [0, 0.05) is 0 Å². The van der Waals surface area contributed by atoms with E-state index in [1.165, 1.54) is 6.92 Å². The Bertz CT molecular complexity index is 268. The first-order valence-corrected chi connectivity index (χ1v) is 5.06. The number of rotatable bonds is 4. The van der Waals surface area contributed by atoms with Crippen LogP contribution >= 0.6 is 0 Å². The molecule has 0 aliphatic carbocycles. The Labute approximate surface area is 97.0 Å². The van der Waals surface area contributed by atoms with Crippen molar-refractivity contribution >= 4 is 5.97 Å². The van der Waals surface area contributed by atoms with Crippen molar-refractivity contribution < 1.29 is 39.8 Å². The summed E-state index contributed by atoms with van der Waals surface area (Å²) in [6, 6.07) is 0. The summed E-state index contributed by atoms with van der Waals surface area (Å²) in [5.41, 5.74) is 0. The Kier molecular flexibility index (Phi) is 4.80. The van der Waals surface area contributed by atoms with E-state index < -0.39 is 42.8 Å². The standard InChI is InChI=1S/C9H16O8/c1-3(10)2-16-9-6(13)4(11)5(12)7(17-9)8(14)15/h3-7,9-13H,2H2,1H3,(H,14,15)/t3?,4-,5+,6-,7?,9+/m0/s1. The topological polar surface area (TPSA) is 137 Å². The number of carbonyl (C=O) groups is 1. The maximum absolute atomic E-state index is 10.7. The molecule has 0 saturated carbocycles. The van der Waals surface area contributed by atoms with Gasteiger partial charge in [-0.15, -0.1) is 0 Å². The summed E-state index contributed by atoms with van der Waals surface area (Å²) in [7, 11) is 0. The summed E-state index contributed by atoms with van der Waals surface area (Å²) in [5, 5.41) is 46.0. The molecule has 1 fully saturated rings. The van der Waals surface area contributed by atoms with Crippen LogP contribution < -0.4 is 0 Å². The van der Waals surface area contributed by atoms with E-state index in [1.807, 2.05) is 0 Å². The maximum Gasteiger partial charge on any atom is 0.335 e. The third-order valence-corrected chi connectivity index (χ3v) is 2.31. The van der Waals surface area contributed by atoms with Crippen molar-refractivity contribution in [1.29, 1.82) is 0 Å². The molecule has 2 unspecified atom stereocenters. The minimum atomic E-state index is -1.74. The summed E-state index contributed by atoms with van der Waals surface area (Å²) in [5.74, 6) is -1.48. The summed E-state index contributed by atoms with van der Waals surface area (Å²) >= 11 is 0. The zero-order valence-corrected chi connectivity index (χ0v) is 9.13. The maximum atomic E-state index is 10.7. The molecule has 0 radical (unpaired) electrons. The molecule has 1 aliphatic rings. The highest BCUT2D eigenvalue weighted by molar-refractivity contribution is 5.73. The van der Waals surface area contributed by atoms with Gasteiger partial charge in [0.1, 0.15) is 18.3 Å². The zero-order valence-electron chi connectivity index (χ0n) is 9.13. The van der Waals surface area contributed by atoms with Crippen molar-refractivity contribution in [2.24, 2.45) is 0 Å². The molecule has 1 saturated heterocycles. The average Bonchev–Trinajstić information content (AvgIpc) is 2.24. The summed E-state index contributed by atoms with van der Waals surface area (Å²) in [6.07, 6.45) is -8.95. The Morgan fingerprint density at radius 3 is 2.35 bits per heavy atom. The molecule has 0 spiro atoms. The van der Waals surface area contributed by atoms with Crippen molar-refractivity contribution in [1.82, 2.24) is 0 Å². The molecule has 6 atom stereocenters. The number of aliphatic hydroxyl groups excluding tert-OH is 4. The van der Waals surface area contributed by atoms with Crippen LogP contribution in [0.1, 0.15) is 6.92 Å². The molecule has 0 aromatic carbocycles. The summed E-state index contributed by atoms with van der Waals surface area (Å²) in [6.45, 7) is 1.23. The fourth-order valence-corrected chi connectivity index (χ4v) is 1.42. The Balaban J connectivity index is 2.68. The number of aliphatic carboxylic acids is 1. The minimum Gasteiger partial charge on any atom is -0.479 e. The predicted molar refractivity (Wildman–Crippen MR) is 52.0 cm³/mol. The first kappa shape index (κ1) is 14.3. The molecular formula is C9H16O8. The third-order valence-electron chi connectivity index (χ3n) is 2.31. The minimum absolute atomic E-state index is 0.198. The van der Waals surface area contributed by atoms with Crippen molar-refractivity contribution in [2.45, 2.75) is 43.7 Å². The SMILES string of the molecule is CC(O)CO[C@@H]1OC(C(=O)O)[C@H](O)[C@H](O)[C@@H]1O. The van der Waals surface area contributed by atoms with Gasteiger partial charge in [0.25, 0.3) is 0 Å². The highest BCUT2D eigenvalue weighted by Gasteiger charge is 2.47. The Morgan fingerprint density at radius 2 is 1.88 bits per heavy atom. The second-order valence-electron chi connectivity index (χ2n) is 3.92. The van der Waals surface area contributed by atoms with Crippen LogP contribution in [-0.4, -0.2) is 74.9 Å². The molecule has 8 heteroatoms. The second kappa shape index (κ2) is 5.71. The van der Waals surface area contributed by atoms with Crippen molar-refractivity contribution in [3.05, 3.63) is 0 Å². The van der Waals surface area contributed by atoms with E-state index in [9.17, 15) is 20.1 Å². The van der Waals surface area contributed by atoms with Crippen molar-refractivity contribution in [2.75, 3.05) is 6.61 Å². The molecule has 100 valence electrons. The van der Waals surface area contributed by atoms with E-state index in [-0.39, 0.29) is 6.61 Å². The highest BCUT2D eigenvalue weighted by Crippen LogP contribution is 2.22. The lowest BCUT2D eigenvalue weighted by Gasteiger charge is -2.38. The fourth-order valence-electron chi connectivity index (χ4n) is 1.42. The lowest BCUT2D eigenvalue weighted by atomic mass is 9.99. The predicted octanol–water partition coefficient (Wildman–Crippen LogP) is -2.72. The first-order valence-electron chi connectivity index (χ1n) is 5.06. The lowest BCUT2D eigenvalue weighted by molar-refractivity contribution is -0.297. The molecule has 0 amide bonds. The van der Waals surface area contributed by atoms with Crippen molar-refractivity contribution in [3.8, 4) is 0 Å². The largest absolute Gasteiger partial charge is 0.479 e. The van der Waals surface area contributed by atoms with Gasteiger partial charge in [-0.1, -0.05) is 0 Å². The molecule has 1 rings (SSSR count). The first-order chi connectivity index (χ1) is 7.84. The van der Waals surface area contributed by atoms with Crippen LogP contribution in [-0.2, 0) is 14.3 Å². The van der Waals surface area contributed by atoms with Crippen LogP contribution in [0.5, 0.6) is 0 Å². The normalized spacial score (nSPS) is 39.9. The van der Waals surface area contributed by atoms with E-state index in [2.05, 4.69) is 0 Å². The van der Waals surface area contributed by atoms with Crippen LogP contribution in [0.25, 0.3) is 0 Å². The van der Waals surface area contributed by atoms with E-state index >= 15 is 0 Å². The van der Waals surface area contributed by atoms with Crippen LogP contribution in [0.4, 0.5) is 0 Å². The van der Waals surface area contributed by atoms with E-state index in [0.29, 0.717) is 0 Å². The smallest absolute Gasteiger partial charge is 0.335 e. The number of carboxylic acids is 1. The average molecular weight is 252 g/mol. The molecular weight excluding hydrogens is 236 g/mol. The lowest BCUT2D eigenvalue weighted by Crippen LogP contribution is -2.60. The monoisotopic (exact) mass is 252 g/mol. The van der Waals surface area contributed by atoms with Gasteiger partial charge in [-0.3, -0.25) is 0 Å². The van der Waals surface area contributed by atoms with Crippen LogP contribution in [0, 0.1) is 0 Å². The number of ether oxygens (including phenoxy) is 2. The summed E-state index contributed by atoms with van der Waals surface area (Å²) < 4.78 is 9.70. The van der Waals surface area contributed by atoms with Crippen molar-refractivity contribution in [3.63, 3.8) is 0 Å². The molecule has 5 N–H and O–H groups in total. The molecule has 0 bridgehead atoms. The molecule has 0 aromatic heterocycles. The van der Waals surface area contributed by atoms with E-state index in [1.54, 1.807) is 0 Å². The zero-order chi connectivity index (χ0) is 13.2. The number of carboxylic acid groups (broad SMARTS) is 1. The van der Waals surface area contributed by atoms with Gasteiger partial charge in [-0.05, 0) is 6.92 Å². The van der Waals surface area contributed by atoms with Gasteiger partial charge in [0.15, 0.2) is 12.4 Å². The Morgan fingerprint density at radius 1 is 1.29 bits per heavy atom.